The summed E-state index contributed by atoms with van der Waals surface area (Å²) in [5.74, 6) is -1.70. The molecule has 0 aliphatic carbocycles. The highest BCUT2D eigenvalue weighted by molar-refractivity contribution is 6.30. The highest BCUT2D eigenvalue weighted by Crippen LogP contribution is 2.26. The van der Waals surface area contributed by atoms with Crippen molar-refractivity contribution < 1.29 is 28.6 Å². The van der Waals surface area contributed by atoms with E-state index >= 15 is 0 Å². The molecule has 0 radical (unpaired) electrons. The number of benzene rings is 1. The molecule has 2 heterocycles. The fourth-order valence-electron chi connectivity index (χ4n) is 2.50. The Morgan fingerprint density at radius 3 is 2.58 bits per heavy atom. The van der Waals surface area contributed by atoms with Gasteiger partial charge in [0.2, 0.25) is 5.82 Å². The number of hydrogen-bond donors (Lipinski definition) is 2. The summed E-state index contributed by atoms with van der Waals surface area (Å²) in [5.41, 5.74) is -0.234. The number of nitrogens with one attached hydrogen (secondary N) is 1. The van der Waals surface area contributed by atoms with Gasteiger partial charge >= 0.3 is 12.1 Å². The van der Waals surface area contributed by atoms with E-state index in [0.29, 0.717) is 11.3 Å². The molecule has 0 spiro atoms. The molecule has 0 bridgehead atoms. The number of carbonyl (C=O) groups excluding carboxylic acids is 1. The summed E-state index contributed by atoms with van der Waals surface area (Å²) in [5, 5.41) is 23.6. The number of hydrogen-bond acceptors (Lipinski definition) is 8. The Bertz CT molecular complexity index is 1150. The van der Waals surface area contributed by atoms with Crippen molar-refractivity contribution >= 4 is 23.7 Å². The third kappa shape index (κ3) is 6.84. The first kappa shape index (κ1) is 23.9. The van der Waals surface area contributed by atoms with E-state index < -0.39 is 29.5 Å². The minimum Gasteiger partial charge on any atom is -0.480 e. The summed E-state index contributed by atoms with van der Waals surface area (Å²) in [6.45, 7) is 4.70. The van der Waals surface area contributed by atoms with E-state index in [4.69, 9.17) is 21.1 Å². The summed E-state index contributed by atoms with van der Waals surface area (Å²) in [7, 11) is 0. The van der Waals surface area contributed by atoms with Crippen LogP contribution in [0.25, 0.3) is 11.4 Å². The van der Waals surface area contributed by atoms with Crippen LogP contribution in [0, 0.1) is 5.82 Å². The second-order valence-corrected chi connectivity index (χ2v) is 8.21. The third-order valence-corrected chi connectivity index (χ3v) is 4.10. The summed E-state index contributed by atoms with van der Waals surface area (Å²) in [6, 6.07) is 6.07. The summed E-state index contributed by atoms with van der Waals surface area (Å²) in [6.07, 6.45) is 0.385. The first-order valence-electron chi connectivity index (χ1n) is 9.59. The third-order valence-electron chi connectivity index (χ3n) is 3.89. The number of rotatable bonds is 7. The van der Waals surface area contributed by atoms with Gasteiger partial charge in [0, 0.05) is 11.8 Å². The standard InChI is InChI=1S/C20H20ClFN6O5/c1-20(2,3)33-19(31)24-15(18(29)30)10-28-26-16(25-27-28)11-4-6-13(7-5-11)32-17-14(22)8-12(21)9-23-17/h4-9,15H,10H2,1-3H3,(H,24,31)(H,29,30). The number of aromatic nitrogens is 5. The number of nitrogens with zero attached hydrogens (tertiary/aromatic N) is 5. The van der Waals surface area contributed by atoms with Crippen molar-refractivity contribution in [1.82, 2.24) is 30.5 Å². The number of aliphatic carboxylic acids is 1. The Hall–Kier alpha value is -3.80. The minimum atomic E-state index is -1.33. The van der Waals surface area contributed by atoms with E-state index in [0.717, 1.165) is 10.9 Å². The van der Waals surface area contributed by atoms with Crippen LogP contribution in [0.15, 0.2) is 36.5 Å². The van der Waals surface area contributed by atoms with Crippen LogP contribution in [0.2, 0.25) is 5.02 Å². The van der Waals surface area contributed by atoms with Crippen molar-refractivity contribution in [1.29, 1.82) is 0 Å². The number of alkyl carbamates (subject to hydrolysis) is 1. The van der Waals surface area contributed by atoms with E-state index in [9.17, 15) is 19.1 Å². The van der Waals surface area contributed by atoms with Gasteiger partial charge in [-0.3, -0.25) is 0 Å². The molecule has 0 saturated carbocycles. The maximum absolute atomic E-state index is 13.8. The first-order chi connectivity index (χ1) is 15.5. The summed E-state index contributed by atoms with van der Waals surface area (Å²) < 4.78 is 24.3. The molecule has 1 aromatic carbocycles. The molecule has 174 valence electrons. The number of ether oxygens (including phenoxy) is 2. The Balaban J connectivity index is 1.66. The highest BCUT2D eigenvalue weighted by atomic mass is 35.5. The fourth-order valence-corrected chi connectivity index (χ4v) is 2.64. The van der Waals surface area contributed by atoms with Gasteiger partial charge < -0.3 is 19.9 Å². The van der Waals surface area contributed by atoms with Gasteiger partial charge in [-0.25, -0.2) is 19.0 Å². The van der Waals surface area contributed by atoms with E-state index in [1.807, 2.05) is 0 Å². The molecule has 2 N–H and O–H groups in total. The van der Waals surface area contributed by atoms with Crippen molar-refractivity contribution in [2.75, 3.05) is 0 Å². The van der Waals surface area contributed by atoms with Crippen LogP contribution in [-0.4, -0.2) is 54.0 Å². The van der Waals surface area contributed by atoms with Gasteiger partial charge in [-0.1, -0.05) is 11.6 Å². The lowest BCUT2D eigenvalue weighted by molar-refractivity contribution is -0.140. The lowest BCUT2D eigenvalue weighted by Crippen LogP contribution is -2.46. The lowest BCUT2D eigenvalue weighted by atomic mass is 10.2. The molecular weight excluding hydrogens is 459 g/mol. The minimum absolute atomic E-state index is 0.149. The zero-order valence-corrected chi connectivity index (χ0v) is 18.6. The van der Waals surface area contributed by atoms with Crippen LogP contribution in [0.5, 0.6) is 11.6 Å². The molecule has 0 aliphatic rings. The van der Waals surface area contributed by atoms with Gasteiger partial charge in [-0.2, -0.15) is 4.80 Å². The molecule has 33 heavy (non-hydrogen) atoms. The number of tetrazole rings is 1. The number of halogens is 2. The SMILES string of the molecule is CC(C)(C)OC(=O)NC(Cn1nnc(-c2ccc(Oc3ncc(Cl)cc3F)cc2)n1)C(=O)O. The number of carbonyl (C=O) groups is 2. The largest absolute Gasteiger partial charge is 0.480 e. The fraction of sp³-hybridized carbons (Fsp3) is 0.300. The van der Waals surface area contributed by atoms with Gasteiger partial charge in [-0.15, -0.1) is 10.2 Å². The second-order valence-electron chi connectivity index (χ2n) is 7.77. The van der Waals surface area contributed by atoms with Gasteiger partial charge in [-0.05, 0) is 56.3 Å². The van der Waals surface area contributed by atoms with Crippen molar-refractivity contribution in [3.8, 4) is 23.0 Å². The van der Waals surface area contributed by atoms with Crippen molar-refractivity contribution in [3.05, 3.63) is 47.4 Å². The van der Waals surface area contributed by atoms with E-state index in [2.05, 4.69) is 25.7 Å². The highest BCUT2D eigenvalue weighted by Gasteiger charge is 2.25. The second kappa shape index (κ2) is 9.77. The zero-order chi connectivity index (χ0) is 24.2. The molecule has 0 fully saturated rings. The van der Waals surface area contributed by atoms with Crippen LogP contribution >= 0.6 is 11.6 Å². The number of carboxylic acid groups (broad SMARTS) is 1. The van der Waals surface area contributed by atoms with Gasteiger partial charge in [0.05, 0.1) is 11.6 Å². The number of carboxylic acids is 1. The summed E-state index contributed by atoms with van der Waals surface area (Å²) in [4.78, 5) is 28.2. The quantitative estimate of drug-likeness (QED) is 0.523. The lowest BCUT2D eigenvalue weighted by Gasteiger charge is -2.21. The average molecular weight is 479 g/mol. The molecule has 1 unspecified atom stereocenters. The monoisotopic (exact) mass is 478 g/mol. The maximum Gasteiger partial charge on any atom is 0.408 e. The average Bonchev–Trinajstić information content (AvgIpc) is 3.17. The first-order valence-corrected chi connectivity index (χ1v) is 9.97. The van der Waals surface area contributed by atoms with Crippen molar-refractivity contribution in [2.24, 2.45) is 0 Å². The Kier molecular flexibility index (Phi) is 7.07. The van der Waals surface area contributed by atoms with Crippen LogP contribution < -0.4 is 10.1 Å². The zero-order valence-electron chi connectivity index (χ0n) is 17.8. The number of pyridine rings is 1. The Morgan fingerprint density at radius 2 is 1.97 bits per heavy atom. The van der Waals surface area contributed by atoms with Crippen LogP contribution in [0.3, 0.4) is 0 Å². The van der Waals surface area contributed by atoms with Gasteiger partial charge in [0.15, 0.2) is 11.9 Å². The predicted octanol–water partition coefficient (Wildman–Crippen LogP) is 3.30. The molecule has 13 heteroatoms. The van der Waals surface area contributed by atoms with Crippen molar-refractivity contribution in [2.45, 2.75) is 39.0 Å². The number of amides is 1. The molecule has 3 rings (SSSR count). The van der Waals surface area contributed by atoms with E-state index in [1.54, 1.807) is 45.0 Å². The van der Waals surface area contributed by atoms with Crippen LogP contribution in [0.4, 0.5) is 9.18 Å². The molecule has 11 nitrogen and oxygen atoms in total. The molecular formula is C20H20ClFN6O5. The maximum atomic E-state index is 13.8. The van der Waals surface area contributed by atoms with Crippen LogP contribution in [0.1, 0.15) is 20.8 Å². The normalized spacial score (nSPS) is 12.2. The van der Waals surface area contributed by atoms with Crippen LogP contribution in [-0.2, 0) is 16.1 Å². The van der Waals surface area contributed by atoms with Crippen molar-refractivity contribution in [3.63, 3.8) is 0 Å². The summed E-state index contributed by atoms with van der Waals surface area (Å²) >= 11 is 5.67. The van der Waals surface area contributed by atoms with Gasteiger partial charge in [0.25, 0.3) is 5.88 Å². The Morgan fingerprint density at radius 1 is 1.27 bits per heavy atom. The van der Waals surface area contributed by atoms with Gasteiger partial charge in [0.1, 0.15) is 11.4 Å². The molecule has 0 aliphatic heterocycles. The molecule has 2 aromatic heterocycles. The van der Waals surface area contributed by atoms with E-state index in [1.165, 1.54) is 6.20 Å². The topological polar surface area (TPSA) is 141 Å². The molecule has 1 atom stereocenters. The Labute approximate surface area is 192 Å². The molecule has 3 aromatic rings. The molecule has 0 saturated heterocycles. The van der Waals surface area contributed by atoms with E-state index in [-0.39, 0.29) is 23.3 Å². The smallest absolute Gasteiger partial charge is 0.408 e. The predicted molar refractivity (Wildman–Crippen MR) is 113 cm³/mol. The molecule has 1 amide bonds.